The molecular formula is C23H20N4O4. The molecule has 8 nitrogen and oxygen atoms in total. The molecule has 8 heteroatoms. The van der Waals surface area contributed by atoms with Crippen molar-refractivity contribution >= 4 is 17.8 Å². The Bertz CT molecular complexity index is 1140. The molecule has 2 aromatic heterocycles. The number of fused-ring (bicyclic) bond motifs is 2. The van der Waals surface area contributed by atoms with Crippen molar-refractivity contribution in [3.63, 3.8) is 0 Å². The van der Waals surface area contributed by atoms with E-state index in [9.17, 15) is 14.8 Å². The van der Waals surface area contributed by atoms with Crippen molar-refractivity contribution in [1.29, 1.82) is 0 Å². The number of carbonyl (C=O) groups excluding carboxylic acids is 2. The van der Waals surface area contributed by atoms with Crippen LogP contribution in [0.1, 0.15) is 41.6 Å². The number of nitrogens with zero attached hydrogens (tertiary/aromatic N) is 3. The average Bonchev–Trinajstić information content (AvgIpc) is 3.05. The van der Waals surface area contributed by atoms with Gasteiger partial charge in [-0.15, -0.1) is 0 Å². The zero-order chi connectivity index (χ0) is 21.4. The number of anilines is 1. The lowest BCUT2D eigenvalue weighted by Gasteiger charge is -2.35. The van der Waals surface area contributed by atoms with Crippen molar-refractivity contribution in [2.45, 2.75) is 31.3 Å². The van der Waals surface area contributed by atoms with Gasteiger partial charge in [-0.25, -0.2) is 14.8 Å². The highest BCUT2D eigenvalue weighted by atomic mass is 16.6. The third-order valence-corrected chi connectivity index (χ3v) is 6.09. The molecule has 5 rings (SSSR count). The number of amides is 1. The molecule has 3 aromatic rings. The standard InChI is InChI=1S/C23H20N4O4/c28-20(26-22-24-12-17(13-25-22)15-4-2-1-3-5-15)16-6-9-23(10-7-16)19-8-11-27(30)14-18(19)21(29)31-23/h1-5,8,11-14,16H,6-7,9-10H2,(H,24,25,26,28). The first-order valence-electron chi connectivity index (χ1n) is 10.2. The number of pyridine rings is 1. The summed E-state index contributed by atoms with van der Waals surface area (Å²) in [7, 11) is 0. The van der Waals surface area contributed by atoms with Crippen molar-refractivity contribution in [2.24, 2.45) is 5.92 Å². The van der Waals surface area contributed by atoms with Gasteiger partial charge >= 0.3 is 5.97 Å². The SMILES string of the molecule is O=C1OC2(CCC(C(=O)Nc3ncc(-c4ccccc4)cn3)CC2)c2cc[n+]([O-])cc21. The summed E-state index contributed by atoms with van der Waals surface area (Å²) in [5, 5.41) is 14.3. The molecule has 1 aliphatic heterocycles. The fourth-order valence-corrected chi connectivity index (χ4v) is 4.43. The summed E-state index contributed by atoms with van der Waals surface area (Å²) in [4.78, 5) is 33.5. The Labute approximate surface area is 178 Å². The van der Waals surface area contributed by atoms with Crippen LogP contribution in [0, 0.1) is 11.1 Å². The predicted molar refractivity (Wildman–Crippen MR) is 111 cm³/mol. The van der Waals surface area contributed by atoms with E-state index in [1.165, 1.54) is 12.4 Å². The molecule has 0 radical (unpaired) electrons. The number of esters is 1. The first-order chi connectivity index (χ1) is 15.0. The number of rotatable bonds is 3. The smallest absolute Gasteiger partial charge is 0.345 e. The fraction of sp³-hybridized carbons (Fsp3) is 0.261. The highest BCUT2D eigenvalue weighted by Gasteiger charge is 2.49. The number of ether oxygens (including phenoxy) is 1. The first-order valence-corrected chi connectivity index (χ1v) is 10.2. The van der Waals surface area contributed by atoms with Gasteiger partial charge < -0.3 is 9.94 Å². The average molecular weight is 416 g/mol. The zero-order valence-corrected chi connectivity index (χ0v) is 16.7. The Morgan fingerprint density at radius 2 is 1.81 bits per heavy atom. The Balaban J connectivity index is 1.24. The van der Waals surface area contributed by atoms with Crippen LogP contribution in [0.5, 0.6) is 0 Å². The number of hydrogen-bond donors (Lipinski definition) is 1. The van der Waals surface area contributed by atoms with Gasteiger partial charge in [-0.1, -0.05) is 30.3 Å². The summed E-state index contributed by atoms with van der Waals surface area (Å²) < 4.78 is 6.27. The second-order valence-electron chi connectivity index (χ2n) is 7.94. The minimum Gasteiger partial charge on any atom is -0.619 e. The Morgan fingerprint density at radius 1 is 1.10 bits per heavy atom. The Morgan fingerprint density at radius 3 is 2.52 bits per heavy atom. The molecule has 0 saturated heterocycles. The molecule has 0 atom stereocenters. The molecule has 1 amide bonds. The van der Waals surface area contributed by atoms with Gasteiger partial charge in [-0.3, -0.25) is 10.1 Å². The van der Waals surface area contributed by atoms with E-state index in [1.807, 2.05) is 30.3 Å². The fourth-order valence-electron chi connectivity index (χ4n) is 4.43. The van der Waals surface area contributed by atoms with Gasteiger partial charge in [0.05, 0.1) is 0 Å². The molecule has 156 valence electrons. The maximum absolute atomic E-state index is 12.7. The zero-order valence-electron chi connectivity index (χ0n) is 16.7. The van der Waals surface area contributed by atoms with Gasteiger partial charge in [0.15, 0.2) is 12.4 Å². The van der Waals surface area contributed by atoms with Crippen LogP contribution >= 0.6 is 0 Å². The molecule has 3 heterocycles. The highest BCUT2D eigenvalue weighted by molar-refractivity contribution is 5.94. The lowest BCUT2D eigenvalue weighted by atomic mass is 9.75. The second-order valence-corrected chi connectivity index (χ2v) is 7.94. The molecular weight excluding hydrogens is 396 g/mol. The number of carbonyl (C=O) groups is 2. The summed E-state index contributed by atoms with van der Waals surface area (Å²) in [5.74, 6) is -0.575. The molecule has 1 N–H and O–H groups in total. The van der Waals surface area contributed by atoms with Crippen molar-refractivity contribution in [1.82, 2.24) is 9.97 Å². The summed E-state index contributed by atoms with van der Waals surface area (Å²) in [6.07, 6.45) is 8.18. The number of nitrogens with one attached hydrogen (secondary N) is 1. The van der Waals surface area contributed by atoms with Crippen molar-refractivity contribution in [3.05, 3.63) is 77.5 Å². The van der Waals surface area contributed by atoms with Gasteiger partial charge in [0, 0.05) is 35.5 Å². The summed E-state index contributed by atoms with van der Waals surface area (Å²) in [6.45, 7) is 0. The Kier molecular flexibility index (Phi) is 4.62. The predicted octanol–water partition coefficient (Wildman–Crippen LogP) is 2.97. The van der Waals surface area contributed by atoms with E-state index in [-0.39, 0.29) is 17.8 Å². The topological polar surface area (TPSA) is 108 Å². The monoisotopic (exact) mass is 416 g/mol. The van der Waals surface area contributed by atoms with Crippen LogP contribution in [0.3, 0.4) is 0 Å². The maximum atomic E-state index is 12.7. The van der Waals surface area contributed by atoms with Crippen LogP contribution in [-0.2, 0) is 15.1 Å². The maximum Gasteiger partial charge on any atom is 0.345 e. The normalized spacial score (nSPS) is 22.1. The van der Waals surface area contributed by atoms with Crippen LogP contribution < -0.4 is 10.0 Å². The van der Waals surface area contributed by atoms with E-state index in [0.29, 0.717) is 36.0 Å². The molecule has 1 spiro atoms. The third kappa shape index (κ3) is 3.50. The van der Waals surface area contributed by atoms with Gasteiger partial charge in [0.1, 0.15) is 11.2 Å². The van der Waals surface area contributed by atoms with Crippen LogP contribution in [-0.4, -0.2) is 21.8 Å². The van der Waals surface area contributed by atoms with Crippen LogP contribution in [0.2, 0.25) is 0 Å². The largest absolute Gasteiger partial charge is 0.619 e. The molecule has 1 fully saturated rings. The van der Waals surface area contributed by atoms with Crippen LogP contribution in [0.25, 0.3) is 11.1 Å². The minimum atomic E-state index is -0.745. The van der Waals surface area contributed by atoms with Crippen LogP contribution in [0.15, 0.2) is 61.2 Å². The molecule has 0 unspecified atom stereocenters. The summed E-state index contributed by atoms with van der Waals surface area (Å²) >= 11 is 0. The third-order valence-electron chi connectivity index (χ3n) is 6.09. The van der Waals surface area contributed by atoms with E-state index >= 15 is 0 Å². The van der Waals surface area contributed by atoms with E-state index < -0.39 is 11.6 Å². The number of benzene rings is 1. The van der Waals surface area contributed by atoms with Gasteiger partial charge in [0.25, 0.3) is 0 Å². The second kappa shape index (κ2) is 7.46. The lowest BCUT2D eigenvalue weighted by Crippen LogP contribution is -2.36. The van der Waals surface area contributed by atoms with Crippen LogP contribution in [0.4, 0.5) is 5.95 Å². The molecule has 31 heavy (non-hydrogen) atoms. The van der Waals surface area contributed by atoms with E-state index in [0.717, 1.165) is 16.7 Å². The van der Waals surface area contributed by atoms with E-state index in [2.05, 4.69) is 15.3 Å². The van der Waals surface area contributed by atoms with Crippen molar-refractivity contribution in [2.75, 3.05) is 5.32 Å². The molecule has 0 bridgehead atoms. The van der Waals surface area contributed by atoms with E-state index in [4.69, 9.17) is 4.74 Å². The highest BCUT2D eigenvalue weighted by Crippen LogP contribution is 2.47. The summed E-state index contributed by atoms with van der Waals surface area (Å²) in [5.41, 5.74) is 2.19. The molecule has 1 aliphatic carbocycles. The molecule has 2 aliphatic rings. The summed E-state index contributed by atoms with van der Waals surface area (Å²) in [6, 6.07) is 11.4. The van der Waals surface area contributed by atoms with Gasteiger partial charge in [-0.2, -0.15) is 4.73 Å². The van der Waals surface area contributed by atoms with Gasteiger partial charge in [-0.05, 0) is 31.2 Å². The molecule has 1 aromatic carbocycles. The van der Waals surface area contributed by atoms with Crippen molar-refractivity contribution < 1.29 is 19.1 Å². The minimum absolute atomic E-state index is 0.141. The van der Waals surface area contributed by atoms with Gasteiger partial charge in [0.2, 0.25) is 11.9 Å². The van der Waals surface area contributed by atoms with E-state index in [1.54, 1.807) is 18.5 Å². The van der Waals surface area contributed by atoms with Crippen molar-refractivity contribution in [3.8, 4) is 11.1 Å². The quantitative estimate of drug-likeness (QED) is 0.400. The number of hydrogen-bond acceptors (Lipinski definition) is 6. The number of aromatic nitrogens is 3. The first kappa shape index (κ1) is 19.2. The lowest BCUT2D eigenvalue weighted by molar-refractivity contribution is -0.605. The molecule has 1 saturated carbocycles. The Hall–Kier alpha value is -3.81.